The maximum Gasteiger partial charge on any atom is 0.191 e. The van der Waals surface area contributed by atoms with Crippen molar-refractivity contribution in [2.75, 3.05) is 13.1 Å². The smallest absolute Gasteiger partial charge is 0.191 e. The normalized spacial score (nSPS) is 11.6. The van der Waals surface area contributed by atoms with E-state index in [-0.39, 0.29) is 5.82 Å². The van der Waals surface area contributed by atoms with Crippen molar-refractivity contribution in [3.63, 3.8) is 0 Å². The van der Waals surface area contributed by atoms with Crippen LogP contribution < -0.4 is 10.6 Å². The highest BCUT2D eigenvalue weighted by Gasteiger charge is 2.06. The molecule has 0 fully saturated rings. The van der Waals surface area contributed by atoms with Crippen LogP contribution in [-0.4, -0.2) is 33.8 Å². The van der Waals surface area contributed by atoms with Gasteiger partial charge in [0.05, 0.1) is 0 Å². The van der Waals surface area contributed by atoms with Crippen LogP contribution in [0.5, 0.6) is 0 Å². The van der Waals surface area contributed by atoms with Gasteiger partial charge in [-0.2, -0.15) is 0 Å². The molecule has 0 saturated heterocycles. The number of nitrogens with zero attached hydrogens (tertiary/aromatic N) is 4. The Kier molecular flexibility index (Phi) is 7.13. The third kappa shape index (κ3) is 5.88. The molecule has 1 aromatic carbocycles. The van der Waals surface area contributed by atoms with Gasteiger partial charge >= 0.3 is 0 Å². The Bertz CT molecular complexity index is 903. The minimum absolute atomic E-state index is 0.210. The van der Waals surface area contributed by atoms with Crippen molar-refractivity contribution in [3.8, 4) is 0 Å². The van der Waals surface area contributed by atoms with Gasteiger partial charge in [0, 0.05) is 25.0 Å². The summed E-state index contributed by atoms with van der Waals surface area (Å²) < 4.78 is 15.3. The number of hydrogen-bond donors (Lipinski definition) is 2. The van der Waals surface area contributed by atoms with Crippen LogP contribution in [0, 0.1) is 12.7 Å². The molecule has 6 nitrogen and oxygen atoms in total. The van der Waals surface area contributed by atoms with Crippen LogP contribution in [0.4, 0.5) is 4.39 Å². The van der Waals surface area contributed by atoms with Crippen LogP contribution in [0.3, 0.4) is 0 Å². The second-order valence-corrected chi connectivity index (χ2v) is 7.48. The van der Waals surface area contributed by atoms with E-state index in [1.807, 2.05) is 24.6 Å². The Morgan fingerprint density at radius 2 is 1.96 bits per heavy atom. The largest absolute Gasteiger partial charge is 0.356 e. The van der Waals surface area contributed by atoms with Crippen molar-refractivity contribution >= 4 is 17.3 Å². The summed E-state index contributed by atoms with van der Waals surface area (Å²) in [5.74, 6) is 2.17. The van der Waals surface area contributed by atoms with Crippen molar-refractivity contribution in [3.05, 3.63) is 69.7 Å². The lowest BCUT2D eigenvalue weighted by atomic mass is 10.1. The van der Waals surface area contributed by atoms with E-state index in [0.717, 1.165) is 30.2 Å². The number of benzene rings is 1. The molecule has 8 heteroatoms. The van der Waals surface area contributed by atoms with Gasteiger partial charge < -0.3 is 15.2 Å². The molecule has 0 aliphatic rings. The summed E-state index contributed by atoms with van der Waals surface area (Å²) in [7, 11) is 1.93. The molecule has 0 atom stereocenters. The van der Waals surface area contributed by atoms with Gasteiger partial charge in [-0.05, 0) is 48.9 Å². The number of aromatic nitrogens is 3. The molecule has 0 aliphatic heterocycles. The average Bonchev–Trinajstić information content (AvgIpc) is 3.30. The van der Waals surface area contributed by atoms with E-state index in [4.69, 9.17) is 0 Å². The molecule has 0 radical (unpaired) electrons. The predicted molar refractivity (Wildman–Crippen MR) is 111 cm³/mol. The minimum atomic E-state index is -0.210. The van der Waals surface area contributed by atoms with Gasteiger partial charge in [-0.15, -0.1) is 21.5 Å². The second kappa shape index (κ2) is 9.98. The van der Waals surface area contributed by atoms with Crippen LogP contribution in [-0.2, 0) is 26.4 Å². The maximum atomic E-state index is 13.3. The van der Waals surface area contributed by atoms with Crippen LogP contribution >= 0.6 is 11.3 Å². The van der Waals surface area contributed by atoms with E-state index in [1.54, 1.807) is 23.5 Å². The van der Waals surface area contributed by atoms with E-state index < -0.39 is 0 Å². The Morgan fingerprint density at radius 1 is 1.14 bits per heavy atom. The van der Waals surface area contributed by atoms with Crippen molar-refractivity contribution in [1.82, 2.24) is 25.4 Å². The molecule has 3 aromatic rings. The lowest BCUT2D eigenvalue weighted by molar-refractivity contribution is 0.625. The zero-order valence-electron chi connectivity index (χ0n) is 16.2. The Labute approximate surface area is 168 Å². The summed E-state index contributed by atoms with van der Waals surface area (Å²) in [6.45, 7) is 3.79. The first-order chi connectivity index (χ1) is 13.6. The van der Waals surface area contributed by atoms with Gasteiger partial charge in [-0.25, -0.2) is 9.38 Å². The molecule has 0 unspecified atom stereocenters. The van der Waals surface area contributed by atoms with E-state index in [2.05, 4.69) is 43.3 Å². The molecule has 0 saturated carbocycles. The molecule has 2 aromatic heterocycles. The molecule has 2 N–H and O–H groups in total. The molecule has 28 heavy (non-hydrogen) atoms. The van der Waals surface area contributed by atoms with E-state index in [0.29, 0.717) is 25.5 Å². The predicted octanol–water partition coefficient (Wildman–Crippen LogP) is 2.84. The third-order valence-electron chi connectivity index (χ3n) is 4.40. The van der Waals surface area contributed by atoms with E-state index in [1.165, 1.54) is 10.9 Å². The van der Waals surface area contributed by atoms with Crippen molar-refractivity contribution in [2.45, 2.75) is 26.3 Å². The fourth-order valence-corrected chi connectivity index (χ4v) is 3.40. The fourth-order valence-electron chi connectivity index (χ4n) is 2.69. The van der Waals surface area contributed by atoms with Crippen LogP contribution in [0.1, 0.15) is 22.1 Å². The summed E-state index contributed by atoms with van der Waals surface area (Å²) in [6.07, 6.45) is 1.65. The minimum Gasteiger partial charge on any atom is -0.356 e. The van der Waals surface area contributed by atoms with Crippen molar-refractivity contribution < 1.29 is 4.39 Å². The first kappa shape index (κ1) is 20.0. The molecule has 148 valence electrons. The Balaban J connectivity index is 1.57. The molecule has 0 amide bonds. The fraction of sp³-hybridized carbons (Fsp3) is 0.350. The second-order valence-electron chi connectivity index (χ2n) is 6.45. The summed E-state index contributed by atoms with van der Waals surface area (Å²) >= 11 is 1.75. The monoisotopic (exact) mass is 400 g/mol. The number of hydrogen-bond acceptors (Lipinski definition) is 4. The topological polar surface area (TPSA) is 67.1 Å². The van der Waals surface area contributed by atoms with Gasteiger partial charge in [0.1, 0.15) is 18.2 Å². The van der Waals surface area contributed by atoms with Crippen LogP contribution in [0.2, 0.25) is 0 Å². The summed E-state index contributed by atoms with van der Waals surface area (Å²) in [5.41, 5.74) is 0.953. The number of aliphatic imine (C=N–C) groups is 1. The molecule has 0 bridgehead atoms. The summed E-state index contributed by atoms with van der Waals surface area (Å²) in [4.78, 5) is 5.97. The van der Waals surface area contributed by atoms with Crippen molar-refractivity contribution in [2.24, 2.45) is 12.0 Å². The van der Waals surface area contributed by atoms with Crippen LogP contribution in [0.15, 0.2) is 46.8 Å². The highest BCUT2D eigenvalue weighted by atomic mass is 32.1. The number of aryl methyl sites for hydroxylation is 1. The zero-order chi connectivity index (χ0) is 19.8. The highest BCUT2D eigenvalue weighted by Crippen LogP contribution is 2.08. The lowest BCUT2D eigenvalue weighted by Crippen LogP contribution is -2.39. The number of halogens is 1. The van der Waals surface area contributed by atoms with Crippen LogP contribution in [0.25, 0.3) is 0 Å². The number of rotatable bonds is 8. The Hall–Kier alpha value is -2.74. The molecule has 0 spiro atoms. The third-order valence-corrected chi connectivity index (χ3v) is 5.34. The van der Waals surface area contributed by atoms with Gasteiger partial charge in [-0.1, -0.05) is 18.2 Å². The first-order valence-electron chi connectivity index (χ1n) is 9.25. The first-order valence-corrected chi connectivity index (χ1v) is 10.1. The van der Waals surface area contributed by atoms with Crippen molar-refractivity contribution in [1.29, 1.82) is 0 Å². The molecule has 0 aliphatic carbocycles. The van der Waals surface area contributed by atoms with Gasteiger partial charge in [0.25, 0.3) is 0 Å². The maximum absolute atomic E-state index is 13.3. The standard InChI is InChI=1S/C20H25FN6S/c1-15-25-26-19(27(15)2)14-24-20(23-11-9-18-7-4-12-28-18)22-10-8-16-5-3-6-17(21)13-16/h3-7,12-13H,8-11,14H2,1-2H3,(H2,22,23,24). The summed E-state index contributed by atoms with van der Waals surface area (Å²) in [6, 6.07) is 10.9. The zero-order valence-corrected chi connectivity index (χ0v) is 17.0. The Morgan fingerprint density at radius 3 is 2.64 bits per heavy atom. The molecule has 3 rings (SSSR count). The van der Waals surface area contributed by atoms with Gasteiger partial charge in [0.2, 0.25) is 0 Å². The molecular weight excluding hydrogens is 375 g/mol. The quantitative estimate of drug-likeness (QED) is 0.451. The van der Waals surface area contributed by atoms with E-state index in [9.17, 15) is 4.39 Å². The van der Waals surface area contributed by atoms with E-state index >= 15 is 0 Å². The van der Waals surface area contributed by atoms with Gasteiger partial charge in [-0.3, -0.25) is 0 Å². The molecular formula is C20H25FN6S. The molecule has 2 heterocycles. The van der Waals surface area contributed by atoms with Gasteiger partial charge in [0.15, 0.2) is 11.8 Å². The number of thiophene rings is 1. The SMILES string of the molecule is Cc1nnc(CN=C(NCCc2cccc(F)c2)NCCc2cccs2)n1C. The highest BCUT2D eigenvalue weighted by molar-refractivity contribution is 7.09. The number of guanidine groups is 1. The summed E-state index contributed by atoms with van der Waals surface area (Å²) in [5, 5.41) is 17.0. The average molecular weight is 401 g/mol. The lowest BCUT2D eigenvalue weighted by Gasteiger charge is -2.12. The number of nitrogens with one attached hydrogen (secondary N) is 2.